The molecule has 5 nitrogen and oxygen atoms in total. The molecule has 0 unspecified atom stereocenters. The Hall–Kier alpha value is -2.66. The Labute approximate surface area is 140 Å². The van der Waals surface area contributed by atoms with Crippen molar-refractivity contribution < 1.29 is 9.53 Å². The molecule has 5 rings (SSSR count). The van der Waals surface area contributed by atoms with Crippen molar-refractivity contribution >= 4 is 17.4 Å². The van der Waals surface area contributed by atoms with Crippen molar-refractivity contribution in [3.63, 3.8) is 0 Å². The van der Waals surface area contributed by atoms with Gasteiger partial charge in [-0.05, 0) is 53.0 Å². The number of morpholine rings is 1. The van der Waals surface area contributed by atoms with Gasteiger partial charge in [-0.2, -0.15) is 0 Å². The van der Waals surface area contributed by atoms with Crippen LogP contribution in [0.1, 0.15) is 6.42 Å². The summed E-state index contributed by atoms with van der Waals surface area (Å²) in [5.41, 5.74) is 6.58. The molecule has 0 radical (unpaired) electrons. The van der Waals surface area contributed by atoms with Crippen molar-refractivity contribution in [3.05, 3.63) is 64.4 Å². The maximum Gasteiger partial charge on any atom is 0.256 e. The molecule has 24 heavy (non-hydrogen) atoms. The first-order valence-electron chi connectivity index (χ1n) is 8.27. The summed E-state index contributed by atoms with van der Waals surface area (Å²) in [5, 5.41) is 3.05. The van der Waals surface area contributed by atoms with Crippen molar-refractivity contribution in [1.82, 2.24) is 4.98 Å². The molecule has 120 valence electrons. The molecule has 1 aromatic rings. The third kappa shape index (κ3) is 2.12. The highest BCUT2D eigenvalue weighted by atomic mass is 16.5. The van der Waals surface area contributed by atoms with Crippen LogP contribution in [0, 0.1) is 0 Å². The van der Waals surface area contributed by atoms with E-state index < -0.39 is 0 Å². The lowest BCUT2D eigenvalue weighted by Gasteiger charge is -2.29. The molecule has 0 atom stereocenters. The van der Waals surface area contributed by atoms with Crippen LogP contribution < -0.4 is 10.2 Å². The van der Waals surface area contributed by atoms with E-state index in [0.717, 1.165) is 42.2 Å². The van der Waals surface area contributed by atoms with E-state index in [2.05, 4.69) is 27.4 Å². The number of carbonyl (C=O) groups excluding carboxylic acids is 1. The fourth-order valence-electron chi connectivity index (χ4n) is 3.55. The number of pyridine rings is 1. The average Bonchev–Trinajstić information content (AvgIpc) is 3.10. The van der Waals surface area contributed by atoms with Crippen LogP contribution in [-0.2, 0) is 9.53 Å². The minimum Gasteiger partial charge on any atom is -0.378 e. The fraction of sp³-hybridized carbons (Fsp3) is 0.263. The van der Waals surface area contributed by atoms with E-state index in [9.17, 15) is 4.79 Å². The highest BCUT2D eigenvalue weighted by molar-refractivity contribution is 6.10. The smallest absolute Gasteiger partial charge is 0.256 e. The van der Waals surface area contributed by atoms with Gasteiger partial charge in [-0.25, -0.2) is 4.98 Å². The Balaban J connectivity index is 1.42. The molecule has 0 spiro atoms. The Morgan fingerprint density at radius 3 is 2.96 bits per heavy atom. The maximum absolute atomic E-state index is 12.8. The number of ether oxygens (including phenoxy) is 1. The van der Waals surface area contributed by atoms with Crippen LogP contribution >= 0.6 is 0 Å². The van der Waals surface area contributed by atoms with E-state index in [-0.39, 0.29) is 5.91 Å². The van der Waals surface area contributed by atoms with Gasteiger partial charge in [-0.3, -0.25) is 4.79 Å². The lowest BCUT2D eigenvalue weighted by molar-refractivity contribution is -0.112. The molecule has 1 aromatic heterocycles. The van der Waals surface area contributed by atoms with Crippen LogP contribution in [-0.4, -0.2) is 37.2 Å². The first-order valence-corrected chi connectivity index (χ1v) is 8.27. The van der Waals surface area contributed by atoms with Gasteiger partial charge in [0.1, 0.15) is 0 Å². The standard InChI is InChI=1S/C19H17N3O2/c23-19(14-4-3-13-15-10-12(15)11-16(13)14)21-17-2-1-5-20-18(17)22-6-8-24-9-7-22/h1-5,11H,6-10H2,(H,21,23). The Kier molecular flexibility index (Phi) is 2.97. The normalized spacial score (nSPS) is 21.0. The lowest BCUT2D eigenvalue weighted by Crippen LogP contribution is -2.37. The van der Waals surface area contributed by atoms with Crippen molar-refractivity contribution in [3.8, 4) is 0 Å². The average molecular weight is 319 g/mol. The van der Waals surface area contributed by atoms with Gasteiger partial charge in [-0.15, -0.1) is 0 Å². The molecule has 5 heteroatoms. The Bertz CT molecular complexity index is 870. The molecule has 4 aliphatic rings. The summed E-state index contributed by atoms with van der Waals surface area (Å²) in [4.78, 5) is 19.4. The van der Waals surface area contributed by atoms with Gasteiger partial charge in [-0.1, -0.05) is 6.08 Å². The summed E-state index contributed by atoms with van der Waals surface area (Å²) in [5.74, 6) is 0.741. The number of hydrogen-bond acceptors (Lipinski definition) is 4. The van der Waals surface area contributed by atoms with Crippen molar-refractivity contribution in [2.24, 2.45) is 0 Å². The summed E-state index contributed by atoms with van der Waals surface area (Å²) in [6.45, 7) is 2.95. The van der Waals surface area contributed by atoms with Crippen LogP contribution in [0.3, 0.4) is 0 Å². The first kappa shape index (κ1) is 13.7. The molecule has 2 heterocycles. The van der Waals surface area contributed by atoms with Crippen LogP contribution in [0.2, 0.25) is 0 Å². The van der Waals surface area contributed by atoms with E-state index in [0.29, 0.717) is 13.2 Å². The summed E-state index contributed by atoms with van der Waals surface area (Å²) in [6, 6.07) is 3.76. The van der Waals surface area contributed by atoms with Crippen molar-refractivity contribution in [2.75, 3.05) is 36.5 Å². The largest absolute Gasteiger partial charge is 0.378 e. The predicted molar refractivity (Wildman–Crippen MR) is 91.8 cm³/mol. The van der Waals surface area contributed by atoms with Gasteiger partial charge in [0.25, 0.3) is 5.91 Å². The van der Waals surface area contributed by atoms with E-state index in [1.165, 1.54) is 16.7 Å². The van der Waals surface area contributed by atoms with Crippen LogP contribution in [0.25, 0.3) is 0 Å². The molecule has 3 aliphatic carbocycles. The molecule has 2 fully saturated rings. The zero-order valence-electron chi connectivity index (χ0n) is 13.2. The number of amides is 1. The van der Waals surface area contributed by atoms with E-state index in [4.69, 9.17) is 4.74 Å². The predicted octanol–water partition coefficient (Wildman–Crippen LogP) is 2.36. The zero-order chi connectivity index (χ0) is 16.1. The van der Waals surface area contributed by atoms with Crippen molar-refractivity contribution in [2.45, 2.75) is 6.42 Å². The fourth-order valence-corrected chi connectivity index (χ4v) is 3.55. The van der Waals surface area contributed by atoms with Crippen LogP contribution in [0.5, 0.6) is 0 Å². The number of nitrogens with one attached hydrogen (secondary N) is 1. The second kappa shape index (κ2) is 5.18. The van der Waals surface area contributed by atoms with Crippen molar-refractivity contribution in [1.29, 1.82) is 0 Å². The SMILES string of the molecule is O=C(Nc1cccnc1N1CCOCC1)C1=C2C=C3CC3=C2C=C1. The summed E-state index contributed by atoms with van der Waals surface area (Å²) >= 11 is 0. The highest BCUT2D eigenvalue weighted by Crippen LogP contribution is 2.51. The second-order valence-corrected chi connectivity index (χ2v) is 6.33. The summed E-state index contributed by atoms with van der Waals surface area (Å²) < 4.78 is 5.40. The minimum absolute atomic E-state index is 0.0718. The van der Waals surface area contributed by atoms with Crippen LogP contribution in [0.4, 0.5) is 11.5 Å². The molecule has 1 saturated heterocycles. The van der Waals surface area contributed by atoms with Gasteiger partial charge >= 0.3 is 0 Å². The summed E-state index contributed by atoms with van der Waals surface area (Å²) in [6.07, 6.45) is 8.97. The number of anilines is 2. The van der Waals surface area contributed by atoms with Gasteiger partial charge in [0, 0.05) is 24.9 Å². The molecular weight excluding hydrogens is 302 g/mol. The monoisotopic (exact) mass is 319 g/mol. The number of rotatable bonds is 3. The maximum atomic E-state index is 12.8. The second-order valence-electron chi connectivity index (χ2n) is 6.33. The molecule has 1 aliphatic heterocycles. The van der Waals surface area contributed by atoms with E-state index >= 15 is 0 Å². The van der Waals surface area contributed by atoms with Gasteiger partial charge in [0.05, 0.1) is 18.9 Å². The first-order chi connectivity index (χ1) is 11.8. The van der Waals surface area contributed by atoms with E-state index in [1.807, 2.05) is 18.2 Å². The topological polar surface area (TPSA) is 54.5 Å². The quantitative estimate of drug-likeness (QED) is 0.929. The number of carbonyl (C=O) groups is 1. The number of allylic oxidation sites excluding steroid dienone is 6. The van der Waals surface area contributed by atoms with E-state index in [1.54, 1.807) is 6.20 Å². The minimum atomic E-state index is -0.0718. The third-order valence-corrected chi connectivity index (χ3v) is 4.86. The Morgan fingerprint density at radius 2 is 2.08 bits per heavy atom. The molecule has 1 saturated carbocycles. The lowest BCUT2D eigenvalue weighted by atomic mass is 10.1. The Morgan fingerprint density at radius 1 is 1.21 bits per heavy atom. The number of aromatic nitrogens is 1. The van der Waals surface area contributed by atoms with Crippen LogP contribution in [0.15, 0.2) is 64.4 Å². The highest BCUT2D eigenvalue weighted by Gasteiger charge is 2.35. The molecule has 1 amide bonds. The van der Waals surface area contributed by atoms with Gasteiger partial charge in [0.2, 0.25) is 0 Å². The number of hydrogen-bond donors (Lipinski definition) is 1. The molecular formula is C19H17N3O2. The number of nitrogens with zero attached hydrogens (tertiary/aromatic N) is 2. The molecule has 0 bridgehead atoms. The zero-order valence-corrected chi connectivity index (χ0v) is 13.2. The number of fused-ring (bicyclic) bond motifs is 2. The van der Waals surface area contributed by atoms with Gasteiger partial charge < -0.3 is 15.0 Å². The third-order valence-electron chi connectivity index (χ3n) is 4.86. The summed E-state index contributed by atoms with van der Waals surface area (Å²) in [7, 11) is 0. The molecule has 0 aromatic carbocycles. The molecule has 1 N–H and O–H groups in total. The van der Waals surface area contributed by atoms with Gasteiger partial charge in [0.15, 0.2) is 5.82 Å².